The maximum absolute atomic E-state index is 13.3. The van der Waals surface area contributed by atoms with Crippen molar-refractivity contribution >= 4 is 21.6 Å². The van der Waals surface area contributed by atoms with E-state index in [-0.39, 0.29) is 11.9 Å². The topological polar surface area (TPSA) is 44.5 Å². The molecule has 1 heterocycles. The van der Waals surface area contributed by atoms with Crippen LogP contribution in [0.5, 0.6) is 5.75 Å². The van der Waals surface area contributed by atoms with Crippen LogP contribution in [0.2, 0.25) is 0 Å². The maximum Gasteiger partial charge on any atom is 0.145 e. The highest BCUT2D eigenvalue weighted by Gasteiger charge is 2.17. The van der Waals surface area contributed by atoms with Gasteiger partial charge in [-0.25, -0.2) is 4.39 Å². The van der Waals surface area contributed by atoms with Gasteiger partial charge in [-0.2, -0.15) is 0 Å². The van der Waals surface area contributed by atoms with Gasteiger partial charge in [-0.15, -0.1) is 0 Å². The first kappa shape index (κ1) is 11.7. The van der Waals surface area contributed by atoms with E-state index >= 15 is 0 Å². The molecule has 1 aliphatic heterocycles. The Morgan fingerprint density at radius 3 is 3.00 bits per heavy atom. The largest absolute Gasteiger partial charge is 0.486 e. The second-order valence-electron chi connectivity index (χ2n) is 3.76. The number of hydrogen-bond acceptors (Lipinski definition) is 3. The van der Waals surface area contributed by atoms with Crippen LogP contribution in [0.15, 0.2) is 16.6 Å². The molecule has 1 aromatic carbocycles. The summed E-state index contributed by atoms with van der Waals surface area (Å²) in [5.41, 5.74) is 6.17. The normalized spacial score (nSPS) is 20.8. The van der Waals surface area contributed by atoms with E-state index in [2.05, 4.69) is 15.9 Å². The Kier molecular flexibility index (Phi) is 3.66. The lowest BCUT2D eigenvalue weighted by Crippen LogP contribution is -2.28. The fraction of sp³-hybridized carbons (Fsp3) is 0.455. The van der Waals surface area contributed by atoms with E-state index in [1.807, 2.05) is 0 Å². The van der Waals surface area contributed by atoms with Crippen molar-refractivity contribution in [2.24, 2.45) is 0 Å². The summed E-state index contributed by atoms with van der Waals surface area (Å²) < 4.78 is 24.5. The van der Waals surface area contributed by atoms with Crippen LogP contribution in [-0.4, -0.2) is 19.3 Å². The predicted octanol–water partition coefficient (Wildman–Crippen LogP) is 2.73. The van der Waals surface area contributed by atoms with Crippen LogP contribution in [0, 0.1) is 5.82 Å². The molecule has 5 heteroatoms. The molecule has 2 rings (SSSR count). The first-order valence-corrected chi connectivity index (χ1v) is 5.95. The van der Waals surface area contributed by atoms with E-state index in [0.717, 1.165) is 19.4 Å². The van der Waals surface area contributed by atoms with Gasteiger partial charge in [0.05, 0.1) is 16.8 Å². The van der Waals surface area contributed by atoms with Gasteiger partial charge in [0.1, 0.15) is 17.7 Å². The fourth-order valence-electron chi connectivity index (χ4n) is 1.63. The first-order valence-electron chi connectivity index (χ1n) is 5.16. The van der Waals surface area contributed by atoms with Crippen molar-refractivity contribution in [2.45, 2.75) is 18.9 Å². The first-order chi connectivity index (χ1) is 7.66. The van der Waals surface area contributed by atoms with E-state index in [1.165, 1.54) is 12.1 Å². The second-order valence-corrected chi connectivity index (χ2v) is 4.62. The van der Waals surface area contributed by atoms with Crippen molar-refractivity contribution in [3.8, 4) is 5.75 Å². The van der Waals surface area contributed by atoms with Crippen LogP contribution in [-0.2, 0) is 4.74 Å². The number of hydrogen-bond donors (Lipinski definition) is 1. The van der Waals surface area contributed by atoms with Crippen LogP contribution >= 0.6 is 15.9 Å². The SMILES string of the molecule is Nc1cc(Br)c(F)cc1OC1CCCOC1. The number of nitrogen functional groups attached to an aromatic ring is 1. The minimum atomic E-state index is -0.374. The summed E-state index contributed by atoms with van der Waals surface area (Å²) in [5.74, 6) is 0.0112. The Hall–Kier alpha value is -0.810. The maximum atomic E-state index is 13.3. The number of anilines is 1. The highest BCUT2D eigenvalue weighted by molar-refractivity contribution is 9.10. The third-order valence-corrected chi connectivity index (χ3v) is 3.07. The molecule has 0 spiro atoms. The Bertz CT molecular complexity index is 380. The highest BCUT2D eigenvalue weighted by atomic mass is 79.9. The van der Waals surface area contributed by atoms with E-state index in [0.29, 0.717) is 22.5 Å². The van der Waals surface area contributed by atoms with Gasteiger partial charge in [-0.05, 0) is 34.8 Å². The molecule has 1 atom stereocenters. The monoisotopic (exact) mass is 289 g/mol. The molecule has 16 heavy (non-hydrogen) atoms. The molecular weight excluding hydrogens is 277 g/mol. The molecule has 88 valence electrons. The van der Waals surface area contributed by atoms with E-state index < -0.39 is 0 Å². The van der Waals surface area contributed by atoms with Gasteiger partial charge in [0, 0.05) is 12.7 Å². The summed E-state index contributed by atoms with van der Waals surface area (Å²) >= 11 is 3.07. The Morgan fingerprint density at radius 1 is 1.50 bits per heavy atom. The van der Waals surface area contributed by atoms with Crippen LogP contribution in [0.4, 0.5) is 10.1 Å². The van der Waals surface area contributed by atoms with Crippen LogP contribution in [0.3, 0.4) is 0 Å². The lowest BCUT2D eigenvalue weighted by atomic mass is 10.2. The average molecular weight is 290 g/mol. The molecule has 0 saturated carbocycles. The zero-order valence-electron chi connectivity index (χ0n) is 8.71. The van der Waals surface area contributed by atoms with Gasteiger partial charge in [0.2, 0.25) is 0 Å². The van der Waals surface area contributed by atoms with Crippen molar-refractivity contribution in [1.82, 2.24) is 0 Å². The summed E-state index contributed by atoms with van der Waals surface area (Å²) in [6, 6.07) is 2.81. The molecule has 1 aromatic rings. The number of ether oxygens (including phenoxy) is 2. The molecule has 3 nitrogen and oxygen atoms in total. The summed E-state index contributed by atoms with van der Waals surface area (Å²) in [7, 11) is 0. The quantitative estimate of drug-likeness (QED) is 0.852. The standard InChI is InChI=1S/C11H13BrFNO2/c12-8-4-10(14)11(5-9(8)13)16-7-2-1-3-15-6-7/h4-5,7H,1-3,6,14H2. The number of benzene rings is 1. The molecule has 1 aliphatic rings. The highest BCUT2D eigenvalue weighted by Crippen LogP contribution is 2.30. The lowest BCUT2D eigenvalue weighted by Gasteiger charge is -2.24. The molecule has 0 amide bonds. The summed E-state index contributed by atoms with van der Waals surface area (Å²) in [6.07, 6.45) is 1.84. The van der Waals surface area contributed by atoms with Crippen LogP contribution in [0.1, 0.15) is 12.8 Å². The number of nitrogens with two attached hydrogens (primary N) is 1. The third-order valence-electron chi connectivity index (χ3n) is 2.46. The number of rotatable bonds is 2. The van der Waals surface area contributed by atoms with Gasteiger partial charge >= 0.3 is 0 Å². The predicted molar refractivity (Wildman–Crippen MR) is 63.0 cm³/mol. The fourth-order valence-corrected chi connectivity index (χ4v) is 1.99. The van der Waals surface area contributed by atoms with E-state index in [9.17, 15) is 4.39 Å². The Balaban J connectivity index is 2.11. The zero-order chi connectivity index (χ0) is 11.5. The van der Waals surface area contributed by atoms with Crippen LogP contribution in [0.25, 0.3) is 0 Å². The summed E-state index contributed by atoms with van der Waals surface area (Å²) in [5, 5.41) is 0. The van der Waals surface area contributed by atoms with Crippen molar-refractivity contribution in [1.29, 1.82) is 0 Å². The second kappa shape index (κ2) is 5.01. The molecule has 1 unspecified atom stereocenters. The van der Waals surface area contributed by atoms with Gasteiger partial charge in [0.25, 0.3) is 0 Å². The molecule has 1 saturated heterocycles. The Morgan fingerprint density at radius 2 is 2.31 bits per heavy atom. The Labute approximate surface area is 102 Å². The third kappa shape index (κ3) is 2.65. The van der Waals surface area contributed by atoms with E-state index in [4.69, 9.17) is 15.2 Å². The van der Waals surface area contributed by atoms with Gasteiger partial charge in [-0.3, -0.25) is 0 Å². The van der Waals surface area contributed by atoms with Gasteiger partial charge in [0.15, 0.2) is 0 Å². The molecule has 0 aromatic heterocycles. The summed E-state index contributed by atoms with van der Waals surface area (Å²) in [4.78, 5) is 0. The minimum Gasteiger partial charge on any atom is -0.486 e. The van der Waals surface area contributed by atoms with Crippen molar-refractivity contribution < 1.29 is 13.9 Å². The van der Waals surface area contributed by atoms with Gasteiger partial charge < -0.3 is 15.2 Å². The molecule has 0 bridgehead atoms. The summed E-state index contributed by atoms with van der Waals surface area (Å²) in [6.45, 7) is 1.31. The van der Waals surface area contributed by atoms with E-state index in [1.54, 1.807) is 0 Å². The zero-order valence-corrected chi connectivity index (χ0v) is 10.3. The lowest BCUT2D eigenvalue weighted by molar-refractivity contribution is 0.00763. The molecule has 2 N–H and O–H groups in total. The van der Waals surface area contributed by atoms with Crippen LogP contribution < -0.4 is 10.5 Å². The molecule has 0 aliphatic carbocycles. The average Bonchev–Trinajstić information content (AvgIpc) is 2.27. The molecule has 1 fully saturated rings. The number of halogens is 2. The molecule has 0 radical (unpaired) electrons. The van der Waals surface area contributed by atoms with Gasteiger partial charge in [-0.1, -0.05) is 0 Å². The van der Waals surface area contributed by atoms with Crippen molar-refractivity contribution in [3.63, 3.8) is 0 Å². The smallest absolute Gasteiger partial charge is 0.145 e. The molecular formula is C11H13BrFNO2. The van der Waals surface area contributed by atoms with Crippen molar-refractivity contribution in [2.75, 3.05) is 18.9 Å². The minimum absolute atomic E-state index is 0.0309. The van der Waals surface area contributed by atoms with Crippen molar-refractivity contribution in [3.05, 3.63) is 22.4 Å².